The molecule has 35 heavy (non-hydrogen) atoms. The number of fused-ring (bicyclic) bond motifs is 1. The Bertz CT molecular complexity index is 1310. The van der Waals surface area contributed by atoms with Crippen molar-refractivity contribution in [3.63, 3.8) is 0 Å². The van der Waals surface area contributed by atoms with Crippen molar-refractivity contribution in [1.82, 2.24) is 9.38 Å². The monoisotopic (exact) mass is 489 g/mol. The molecule has 0 spiro atoms. The third-order valence-electron chi connectivity index (χ3n) is 6.38. The van der Waals surface area contributed by atoms with Crippen LogP contribution in [0.5, 0.6) is 11.5 Å². The van der Waals surface area contributed by atoms with Gasteiger partial charge in [0, 0.05) is 24.2 Å². The third kappa shape index (κ3) is 5.22. The number of aryl methyl sites for hydroxylation is 1. The smallest absolute Gasteiger partial charge is 0.376 e. The number of hydrogen-bond donors (Lipinski definition) is 2. The van der Waals surface area contributed by atoms with Crippen molar-refractivity contribution >= 4 is 40.2 Å². The summed E-state index contributed by atoms with van der Waals surface area (Å²) in [5, 5.41) is 14.6. The van der Waals surface area contributed by atoms with E-state index in [4.69, 9.17) is 9.47 Å². The molecule has 1 saturated heterocycles. The van der Waals surface area contributed by atoms with Gasteiger partial charge in [-0.1, -0.05) is 18.2 Å². The second-order valence-corrected chi connectivity index (χ2v) is 9.84. The minimum absolute atomic E-state index is 0.145. The van der Waals surface area contributed by atoms with Gasteiger partial charge in [0.2, 0.25) is 0 Å². The van der Waals surface area contributed by atoms with Gasteiger partial charge in [-0.3, -0.25) is 4.79 Å². The molecule has 1 aliphatic heterocycles. The summed E-state index contributed by atoms with van der Waals surface area (Å²) in [6.45, 7) is 4.47. The van der Waals surface area contributed by atoms with E-state index < -0.39 is 7.05 Å². The summed E-state index contributed by atoms with van der Waals surface area (Å²) in [5.41, 5.74) is 3.30. The molecule has 180 valence electrons. The average Bonchev–Trinajstić information content (AvgIpc) is 3.41. The molecular weight excluding hydrogens is 461 g/mol. The van der Waals surface area contributed by atoms with Crippen molar-refractivity contribution in [2.24, 2.45) is 13.0 Å². The van der Waals surface area contributed by atoms with Crippen molar-refractivity contribution in [2.45, 2.75) is 13.4 Å². The van der Waals surface area contributed by atoms with Gasteiger partial charge in [0.15, 0.2) is 0 Å². The van der Waals surface area contributed by atoms with Gasteiger partial charge in [-0.05, 0) is 67.8 Å². The number of ether oxygens (including phenoxy) is 2. The summed E-state index contributed by atoms with van der Waals surface area (Å²) in [7, 11) is 1.51. The number of nitrogens with one attached hydrogen (secondary N) is 1. The second kappa shape index (κ2) is 10.2. The van der Waals surface area contributed by atoms with Crippen molar-refractivity contribution < 1.29 is 19.3 Å². The Hall–Kier alpha value is -3.27. The van der Waals surface area contributed by atoms with Crippen LogP contribution in [0.4, 0.5) is 5.69 Å². The zero-order valence-electron chi connectivity index (χ0n) is 19.8. The molecule has 0 aliphatic carbocycles. The van der Waals surface area contributed by atoms with Crippen molar-refractivity contribution in [3.05, 3.63) is 77.3 Å². The first-order chi connectivity index (χ1) is 17.0. The highest BCUT2D eigenvalue weighted by Gasteiger charge is 2.31. The Kier molecular flexibility index (Phi) is 6.81. The van der Waals surface area contributed by atoms with E-state index in [9.17, 15) is 9.82 Å². The number of benzene rings is 2. The van der Waals surface area contributed by atoms with E-state index >= 15 is 0 Å². The first-order valence-electron chi connectivity index (χ1n) is 11.7. The second-order valence-electron chi connectivity index (χ2n) is 8.89. The molecule has 2 aromatic carbocycles. The maximum Gasteiger partial charge on any atom is 0.376 e. The van der Waals surface area contributed by atoms with Crippen LogP contribution in [0.1, 0.15) is 16.1 Å². The van der Waals surface area contributed by atoms with E-state index in [2.05, 4.69) is 5.32 Å². The summed E-state index contributed by atoms with van der Waals surface area (Å²) >= 11 is 1.62. The molecule has 7 nitrogen and oxygen atoms in total. The molecular formula is C26H28BN3O4S. The summed E-state index contributed by atoms with van der Waals surface area (Å²) in [6, 6.07) is 19.2. The first-order valence-corrected chi connectivity index (χ1v) is 12.6. The highest BCUT2D eigenvalue weighted by atomic mass is 32.1. The lowest BCUT2D eigenvalue weighted by molar-refractivity contribution is 0.101. The van der Waals surface area contributed by atoms with E-state index in [1.165, 1.54) is 0 Å². The Morgan fingerprint density at radius 1 is 1.11 bits per heavy atom. The summed E-state index contributed by atoms with van der Waals surface area (Å²) in [6.07, 6.45) is 0. The van der Waals surface area contributed by atoms with Gasteiger partial charge >= 0.3 is 7.05 Å². The molecule has 0 bridgehead atoms. The van der Waals surface area contributed by atoms with Crippen LogP contribution in [0.25, 0.3) is 10.2 Å². The average molecular weight is 489 g/mol. The highest BCUT2D eigenvalue weighted by Crippen LogP contribution is 2.26. The molecule has 1 amide bonds. The Morgan fingerprint density at radius 3 is 2.54 bits per heavy atom. The molecule has 2 N–H and O–H groups in total. The Labute approximate surface area is 209 Å². The molecule has 0 unspecified atom stereocenters. The summed E-state index contributed by atoms with van der Waals surface area (Å²) in [5.74, 6) is 1.82. The van der Waals surface area contributed by atoms with Gasteiger partial charge in [-0.15, -0.1) is 11.3 Å². The number of nitrogens with zero attached hydrogens (tertiary/aromatic N) is 2. The lowest BCUT2D eigenvalue weighted by Gasteiger charge is -2.39. The lowest BCUT2D eigenvalue weighted by Crippen LogP contribution is -2.55. The van der Waals surface area contributed by atoms with Crippen LogP contribution in [0, 0.1) is 5.92 Å². The molecule has 5 rings (SSSR count). The maximum absolute atomic E-state index is 13.0. The van der Waals surface area contributed by atoms with Crippen LogP contribution in [0.15, 0.2) is 66.0 Å². The fraction of sp³-hybridized carbons (Fsp3) is 0.269. The van der Waals surface area contributed by atoms with Crippen LogP contribution in [0.3, 0.4) is 0 Å². The molecule has 0 radical (unpaired) electrons. The van der Waals surface area contributed by atoms with Crippen LogP contribution >= 0.6 is 11.3 Å². The van der Waals surface area contributed by atoms with Crippen LogP contribution < -0.4 is 14.8 Å². The molecule has 0 atom stereocenters. The van der Waals surface area contributed by atoms with Crippen molar-refractivity contribution in [2.75, 3.05) is 25.0 Å². The zero-order chi connectivity index (χ0) is 24.4. The van der Waals surface area contributed by atoms with Gasteiger partial charge in [0.1, 0.15) is 23.8 Å². The van der Waals surface area contributed by atoms with Crippen molar-refractivity contribution in [3.8, 4) is 11.5 Å². The van der Waals surface area contributed by atoms with E-state index in [0.29, 0.717) is 24.8 Å². The van der Waals surface area contributed by atoms with Gasteiger partial charge in [0.05, 0.1) is 16.8 Å². The molecule has 1 fully saturated rings. The molecule has 2 aromatic heterocycles. The lowest BCUT2D eigenvalue weighted by atomic mass is 9.78. The summed E-state index contributed by atoms with van der Waals surface area (Å²) < 4.78 is 14.9. The van der Waals surface area contributed by atoms with E-state index in [1.807, 2.05) is 82.5 Å². The number of anilines is 1. The number of hydrogen-bond acceptors (Lipinski definition) is 6. The van der Waals surface area contributed by atoms with Crippen LogP contribution in [-0.4, -0.2) is 47.1 Å². The number of amides is 1. The minimum atomic E-state index is -0.392. The van der Waals surface area contributed by atoms with Crippen LogP contribution in [-0.2, 0) is 13.7 Å². The van der Waals surface area contributed by atoms with E-state index in [0.717, 1.165) is 46.1 Å². The number of carbonyl (C=O) groups excluding carboxylic acids is 1. The Morgan fingerprint density at radius 2 is 1.83 bits per heavy atom. The van der Waals surface area contributed by atoms with E-state index in [-0.39, 0.29) is 5.91 Å². The van der Waals surface area contributed by atoms with Gasteiger partial charge < -0.3 is 29.2 Å². The number of para-hydroxylation sites is 1. The molecule has 1 aliphatic rings. The minimum Gasteiger partial charge on any atom is -0.493 e. The predicted molar refractivity (Wildman–Crippen MR) is 140 cm³/mol. The molecule has 9 heteroatoms. The van der Waals surface area contributed by atoms with Gasteiger partial charge in [0.25, 0.3) is 5.91 Å². The van der Waals surface area contributed by atoms with Gasteiger partial charge in [-0.2, -0.15) is 0 Å². The topological polar surface area (TPSA) is 76.0 Å². The summed E-state index contributed by atoms with van der Waals surface area (Å²) in [4.78, 5) is 15.0. The number of rotatable bonds is 9. The maximum atomic E-state index is 13.0. The molecule has 3 heterocycles. The normalized spacial score (nSPS) is 14.0. The first kappa shape index (κ1) is 23.5. The standard InChI is InChI=1S/C26H28BN3O4S/c1-27(32)30-14-18(15-30)16-33-20-7-9-21(10-8-20)34-17-19-5-3-4-6-22(19)28-26(31)24-13-25-23(29(24)2)11-12-35-25/h3-13,18,32H,14-17H2,1-2H3,(H,28,31). The van der Waals surface area contributed by atoms with Crippen LogP contribution in [0.2, 0.25) is 6.82 Å². The quantitative estimate of drug-likeness (QED) is 0.339. The molecule has 4 aromatic rings. The number of aromatic nitrogens is 1. The SMILES string of the molecule is CB(O)N1CC(COc2ccc(OCc3ccccc3NC(=O)c3cc4sccc4n3C)cc2)C1. The van der Waals surface area contributed by atoms with Gasteiger partial charge in [-0.25, -0.2) is 0 Å². The molecule has 0 saturated carbocycles. The Balaban J connectivity index is 1.16. The fourth-order valence-electron chi connectivity index (χ4n) is 4.25. The highest BCUT2D eigenvalue weighted by molar-refractivity contribution is 7.17. The largest absolute Gasteiger partial charge is 0.493 e. The number of carbonyl (C=O) groups is 1. The predicted octanol–water partition coefficient (Wildman–Crippen LogP) is 4.49. The zero-order valence-corrected chi connectivity index (χ0v) is 20.6. The number of thiophene rings is 1. The van der Waals surface area contributed by atoms with E-state index in [1.54, 1.807) is 18.2 Å². The third-order valence-corrected chi connectivity index (χ3v) is 7.23. The van der Waals surface area contributed by atoms with Crippen molar-refractivity contribution in [1.29, 1.82) is 0 Å². The fourth-order valence-corrected chi connectivity index (χ4v) is 5.10.